The molecule has 0 aliphatic carbocycles. The Hall–Kier alpha value is -0.900. The molecule has 1 saturated heterocycles. The lowest BCUT2D eigenvalue weighted by Gasteiger charge is -2.38. The molecule has 0 radical (unpaired) electrons. The summed E-state index contributed by atoms with van der Waals surface area (Å²) in [5.74, 6) is 0. The zero-order valence-electron chi connectivity index (χ0n) is 13.7. The van der Waals surface area contributed by atoms with Crippen LogP contribution < -0.4 is 5.32 Å². The standard InChI is InChI=1S/C18H31N3/c1-3-10-19-11-9-17(2)21-14-12-20(13-15-21)16-18-7-5-4-6-8-18/h4-8,17,19H,3,9-16H2,1-2H3. The van der Waals surface area contributed by atoms with Crippen molar-refractivity contribution in [3.8, 4) is 0 Å². The summed E-state index contributed by atoms with van der Waals surface area (Å²) in [6.45, 7) is 12.8. The highest BCUT2D eigenvalue weighted by molar-refractivity contribution is 5.14. The molecular weight excluding hydrogens is 258 g/mol. The maximum absolute atomic E-state index is 3.51. The zero-order chi connectivity index (χ0) is 14.9. The molecule has 1 aromatic carbocycles. The summed E-state index contributed by atoms with van der Waals surface area (Å²) < 4.78 is 0. The van der Waals surface area contributed by atoms with Crippen LogP contribution in [0.15, 0.2) is 30.3 Å². The smallest absolute Gasteiger partial charge is 0.0234 e. The van der Waals surface area contributed by atoms with Gasteiger partial charge in [0.1, 0.15) is 0 Å². The summed E-state index contributed by atoms with van der Waals surface area (Å²) in [5.41, 5.74) is 1.43. The van der Waals surface area contributed by atoms with E-state index >= 15 is 0 Å². The highest BCUT2D eigenvalue weighted by Crippen LogP contribution is 2.11. The summed E-state index contributed by atoms with van der Waals surface area (Å²) in [6, 6.07) is 11.5. The molecule has 1 fully saturated rings. The lowest BCUT2D eigenvalue weighted by molar-refractivity contribution is 0.0946. The van der Waals surface area contributed by atoms with Crippen LogP contribution in [0, 0.1) is 0 Å². The molecule has 3 heteroatoms. The van der Waals surface area contributed by atoms with Crippen molar-refractivity contribution in [2.24, 2.45) is 0 Å². The first-order valence-corrected chi connectivity index (χ1v) is 8.50. The number of hydrogen-bond acceptors (Lipinski definition) is 3. The highest BCUT2D eigenvalue weighted by atomic mass is 15.3. The monoisotopic (exact) mass is 289 g/mol. The van der Waals surface area contributed by atoms with Crippen LogP contribution in [-0.2, 0) is 6.54 Å². The molecule has 0 bridgehead atoms. The molecule has 118 valence electrons. The van der Waals surface area contributed by atoms with E-state index < -0.39 is 0 Å². The van der Waals surface area contributed by atoms with Gasteiger partial charge in [0, 0.05) is 38.8 Å². The average Bonchev–Trinajstić information content (AvgIpc) is 2.53. The van der Waals surface area contributed by atoms with Crippen LogP contribution in [0.1, 0.15) is 32.3 Å². The third-order valence-corrected chi connectivity index (χ3v) is 4.44. The maximum Gasteiger partial charge on any atom is 0.0234 e. The summed E-state index contributed by atoms with van der Waals surface area (Å²) in [7, 11) is 0. The minimum Gasteiger partial charge on any atom is -0.317 e. The number of piperazine rings is 1. The lowest BCUT2D eigenvalue weighted by atomic mass is 10.1. The van der Waals surface area contributed by atoms with Crippen LogP contribution in [0.4, 0.5) is 0 Å². The van der Waals surface area contributed by atoms with Gasteiger partial charge in [0.2, 0.25) is 0 Å². The third-order valence-electron chi connectivity index (χ3n) is 4.44. The van der Waals surface area contributed by atoms with Gasteiger partial charge in [0.05, 0.1) is 0 Å². The Morgan fingerprint density at radius 1 is 1.05 bits per heavy atom. The Morgan fingerprint density at radius 2 is 1.76 bits per heavy atom. The van der Waals surface area contributed by atoms with E-state index in [9.17, 15) is 0 Å². The molecule has 0 amide bonds. The first kappa shape index (κ1) is 16.5. The SMILES string of the molecule is CCCNCCC(C)N1CCN(Cc2ccccc2)CC1. The normalized spacial score (nSPS) is 18.8. The number of nitrogens with zero attached hydrogens (tertiary/aromatic N) is 2. The van der Waals surface area contributed by atoms with Crippen LogP contribution in [0.25, 0.3) is 0 Å². The second kappa shape index (κ2) is 9.19. The van der Waals surface area contributed by atoms with Crippen molar-refractivity contribution in [2.75, 3.05) is 39.3 Å². The molecule has 21 heavy (non-hydrogen) atoms. The van der Waals surface area contributed by atoms with Gasteiger partial charge in [-0.2, -0.15) is 0 Å². The molecule has 1 atom stereocenters. The summed E-state index contributed by atoms with van der Waals surface area (Å²) in [6.07, 6.45) is 2.49. The molecule has 0 spiro atoms. The van der Waals surface area contributed by atoms with Crippen LogP contribution >= 0.6 is 0 Å². The first-order chi connectivity index (χ1) is 10.3. The van der Waals surface area contributed by atoms with E-state index in [1.54, 1.807) is 0 Å². The molecule has 0 aromatic heterocycles. The summed E-state index contributed by atoms with van der Waals surface area (Å²) in [4.78, 5) is 5.23. The Kier molecular flexibility index (Phi) is 7.20. The predicted octanol–water partition coefficient (Wildman–Crippen LogP) is 2.58. The molecule has 1 N–H and O–H groups in total. The van der Waals surface area contributed by atoms with E-state index in [-0.39, 0.29) is 0 Å². The van der Waals surface area contributed by atoms with Gasteiger partial charge in [-0.1, -0.05) is 37.3 Å². The van der Waals surface area contributed by atoms with Crippen LogP contribution in [0.2, 0.25) is 0 Å². The van der Waals surface area contributed by atoms with E-state index in [1.807, 2.05) is 0 Å². The van der Waals surface area contributed by atoms with Crippen molar-refractivity contribution in [1.29, 1.82) is 0 Å². The lowest BCUT2D eigenvalue weighted by Crippen LogP contribution is -2.49. The van der Waals surface area contributed by atoms with E-state index in [0.717, 1.165) is 19.6 Å². The van der Waals surface area contributed by atoms with E-state index in [0.29, 0.717) is 6.04 Å². The van der Waals surface area contributed by atoms with Gasteiger partial charge in [-0.3, -0.25) is 9.80 Å². The molecule has 3 nitrogen and oxygen atoms in total. The zero-order valence-corrected chi connectivity index (χ0v) is 13.7. The fraction of sp³-hybridized carbons (Fsp3) is 0.667. The first-order valence-electron chi connectivity index (χ1n) is 8.50. The van der Waals surface area contributed by atoms with Crippen molar-refractivity contribution >= 4 is 0 Å². The van der Waals surface area contributed by atoms with E-state index in [2.05, 4.69) is 59.3 Å². The van der Waals surface area contributed by atoms with Crippen molar-refractivity contribution < 1.29 is 0 Å². The van der Waals surface area contributed by atoms with Gasteiger partial charge >= 0.3 is 0 Å². The Morgan fingerprint density at radius 3 is 2.43 bits per heavy atom. The van der Waals surface area contributed by atoms with Crippen molar-refractivity contribution in [2.45, 2.75) is 39.3 Å². The molecule has 1 heterocycles. The Labute approximate surface area is 130 Å². The molecule has 2 rings (SSSR count). The molecule has 0 saturated carbocycles. The maximum atomic E-state index is 3.51. The van der Waals surface area contributed by atoms with Crippen molar-refractivity contribution in [1.82, 2.24) is 15.1 Å². The third kappa shape index (κ3) is 5.77. The summed E-state index contributed by atoms with van der Waals surface area (Å²) >= 11 is 0. The van der Waals surface area contributed by atoms with Gasteiger partial charge in [-0.05, 0) is 38.4 Å². The number of benzene rings is 1. The number of rotatable bonds is 8. The largest absolute Gasteiger partial charge is 0.317 e. The quantitative estimate of drug-likeness (QED) is 0.742. The second-order valence-corrected chi connectivity index (χ2v) is 6.19. The van der Waals surface area contributed by atoms with Gasteiger partial charge in [0.25, 0.3) is 0 Å². The minimum atomic E-state index is 0.702. The van der Waals surface area contributed by atoms with Crippen molar-refractivity contribution in [3.05, 3.63) is 35.9 Å². The number of nitrogens with one attached hydrogen (secondary N) is 1. The van der Waals surface area contributed by atoms with Crippen molar-refractivity contribution in [3.63, 3.8) is 0 Å². The van der Waals surface area contributed by atoms with E-state index in [1.165, 1.54) is 44.6 Å². The van der Waals surface area contributed by atoms with Crippen LogP contribution in [-0.4, -0.2) is 55.1 Å². The van der Waals surface area contributed by atoms with Crippen LogP contribution in [0.5, 0.6) is 0 Å². The highest BCUT2D eigenvalue weighted by Gasteiger charge is 2.20. The number of hydrogen-bond donors (Lipinski definition) is 1. The minimum absolute atomic E-state index is 0.702. The second-order valence-electron chi connectivity index (χ2n) is 6.19. The van der Waals surface area contributed by atoms with Gasteiger partial charge in [0.15, 0.2) is 0 Å². The van der Waals surface area contributed by atoms with Gasteiger partial charge < -0.3 is 5.32 Å². The molecule has 1 aromatic rings. The Balaban J connectivity index is 1.65. The van der Waals surface area contributed by atoms with Crippen LogP contribution in [0.3, 0.4) is 0 Å². The predicted molar refractivity (Wildman–Crippen MR) is 90.5 cm³/mol. The fourth-order valence-corrected chi connectivity index (χ4v) is 3.00. The van der Waals surface area contributed by atoms with Gasteiger partial charge in [-0.15, -0.1) is 0 Å². The average molecular weight is 289 g/mol. The fourth-order valence-electron chi connectivity index (χ4n) is 3.00. The molecular formula is C18H31N3. The summed E-state index contributed by atoms with van der Waals surface area (Å²) in [5, 5.41) is 3.51. The molecule has 1 aliphatic rings. The Bertz CT molecular complexity index is 371. The van der Waals surface area contributed by atoms with Gasteiger partial charge in [-0.25, -0.2) is 0 Å². The molecule has 1 aliphatic heterocycles. The van der Waals surface area contributed by atoms with E-state index in [4.69, 9.17) is 0 Å². The topological polar surface area (TPSA) is 18.5 Å². The molecule has 1 unspecified atom stereocenters.